The van der Waals surface area contributed by atoms with Crippen LogP contribution < -0.4 is 14.8 Å². The molecule has 1 aromatic heterocycles. The fourth-order valence-corrected chi connectivity index (χ4v) is 1.09. The fourth-order valence-electron chi connectivity index (χ4n) is 1.09. The summed E-state index contributed by atoms with van der Waals surface area (Å²) in [6.07, 6.45) is 0. The molecule has 0 spiro atoms. The quantitative estimate of drug-likeness (QED) is 0.764. The van der Waals surface area contributed by atoms with Crippen LogP contribution >= 0.6 is 0 Å². The van der Waals surface area contributed by atoms with Crippen LogP contribution in [0.1, 0.15) is 20.8 Å². The summed E-state index contributed by atoms with van der Waals surface area (Å²) in [6, 6.07) is 0.421. The lowest BCUT2D eigenvalue weighted by Gasteiger charge is -2.19. The van der Waals surface area contributed by atoms with Gasteiger partial charge in [0.2, 0.25) is 5.95 Å². The second-order valence-corrected chi connectivity index (χ2v) is 4.49. The third-order valence-corrected chi connectivity index (χ3v) is 1.85. The second-order valence-electron chi connectivity index (χ2n) is 4.49. The van der Waals surface area contributed by atoms with Gasteiger partial charge in [0.15, 0.2) is 0 Å². The van der Waals surface area contributed by atoms with Crippen LogP contribution in [0.25, 0.3) is 0 Å². The minimum Gasteiger partial charge on any atom is -0.467 e. The Morgan fingerprint density at radius 2 is 1.72 bits per heavy atom. The topological polar surface area (TPSA) is 78.4 Å². The average molecular weight is 256 g/mol. The zero-order valence-electron chi connectivity index (χ0n) is 11.5. The molecule has 7 nitrogen and oxygen atoms in total. The van der Waals surface area contributed by atoms with Crippen molar-refractivity contribution >= 4 is 5.95 Å². The molecule has 0 aromatic carbocycles. The molecule has 7 heteroatoms. The van der Waals surface area contributed by atoms with Crippen LogP contribution in [-0.2, 0) is 4.74 Å². The number of hydrogen-bond acceptors (Lipinski definition) is 7. The molecule has 1 heterocycles. The predicted molar refractivity (Wildman–Crippen MR) is 67.1 cm³/mol. The van der Waals surface area contributed by atoms with E-state index < -0.39 is 0 Å². The van der Waals surface area contributed by atoms with Crippen molar-refractivity contribution in [1.82, 2.24) is 15.0 Å². The summed E-state index contributed by atoms with van der Waals surface area (Å²) in [4.78, 5) is 12.0. The molecular formula is C11H20N4O3. The minimum absolute atomic E-state index is 0.184. The smallest absolute Gasteiger partial charge is 0.324 e. The molecule has 1 aromatic rings. The lowest BCUT2D eigenvalue weighted by atomic mass is 10.2. The first-order valence-corrected chi connectivity index (χ1v) is 5.69. The van der Waals surface area contributed by atoms with E-state index in [2.05, 4.69) is 20.3 Å². The number of anilines is 1. The van der Waals surface area contributed by atoms with Gasteiger partial charge in [-0.3, -0.25) is 0 Å². The summed E-state index contributed by atoms with van der Waals surface area (Å²) in [5.74, 6) is 0.397. The normalized spacial score (nSPS) is 11.2. The summed E-state index contributed by atoms with van der Waals surface area (Å²) in [5.41, 5.74) is -0.184. The number of aromatic nitrogens is 3. The van der Waals surface area contributed by atoms with Crippen LogP contribution in [0.2, 0.25) is 0 Å². The average Bonchev–Trinajstić information content (AvgIpc) is 2.33. The molecule has 0 aliphatic carbocycles. The summed E-state index contributed by atoms with van der Waals surface area (Å²) in [5, 5.41) is 2.80. The van der Waals surface area contributed by atoms with E-state index in [1.54, 1.807) is 7.05 Å². The minimum atomic E-state index is -0.184. The summed E-state index contributed by atoms with van der Waals surface area (Å²) in [6.45, 7) is 6.79. The maximum atomic E-state index is 5.52. The molecule has 0 aliphatic rings. The van der Waals surface area contributed by atoms with E-state index in [0.29, 0.717) is 19.2 Å². The number of rotatable bonds is 6. The molecule has 1 rings (SSSR count). The zero-order valence-corrected chi connectivity index (χ0v) is 11.5. The Hall–Kier alpha value is -1.63. The van der Waals surface area contributed by atoms with E-state index in [0.717, 1.165) is 0 Å². The van der Waals surface area contributed by atoms with Gasteiger partial charge in [-0.2, -0.15) is 9.97 Å². The number of nitrogens with one attached hydrogen (secondary N) is 1. The number of ether oxygens (including phenoxy) is 3. The first-order valence-electron chi connectivity index (χ1n) is 5.69. The Labute approximate surface area is 107 Å². The fraction of sp³-hybridized carbons (Fsp3) is 0.727. The molecule has 0 unspecified atom stereocenters. The highest BCUT2D eigenvalue weighted by molar-refractivity contribution is 5.26. The Bertz CT molecular complexity index is 357. The SMILES string of the molecule is CNc1nc(OC)nc(OCCOC(C)(C)C)n1. The van der Waals surface area contributed by atoms with Crippen molar-refractivity contribution < 1.29 is 14.2 Å². The third-order valence-electron chi connectivity index (χ3n) is 1.85. The Balaban J connectivity index is 2.51. The Kier molecular flexibility index (Phi) is 5.08. The van der Waals surface area contributed by atoms with Crippen molar-refractivity contribution in [3.05, 3.63) is 0 Å². The summed E-state index contributed by atoms with van der Waals surface area (Å²) in [7, 11) is 3.20. The van der Waals surface area contributed by atoms with Crippen molar-refractivity contribution in [2.45, 2.75) is 26.4 Å². The van der Waals surface area contributed by atoms with E-state index in [1.807, 2.05) is 20.8 Å². The van der Waals surface area contributed by atoms with Crippen LogP contribution in [0.3, 0.4) is 0 Å². The highest BCUT2D eigenvalue weighted by Gasteiger charge is 2.10. The largest absolute Gasteiger partial charge is 0.467 e. The lowest BCUT2D eigenvalue weighted by Crippen LogP contribution is -2.22. The van der Waals surface area contributed by atoms with Gasteiger partial charge in [-0.05, 0) is 20.8 Å². The molecule has 1 N–H and O–H groups in total. The first-order chi connectivity index (χ1) is 8.44. The highest BCUT2D eigenvalue weighted by Crippen LogP contribution is 2.12. The monoisotopic (exact) mass is 256 g/mol. The van der Waals surface area contributed by atoms with Crippen LogP contribution in [-0.4, -0.2) is 47.9 Å². The van der Waals surface area contributed by atoms with Gasteiger partial charge in [-0.15, -0.1) is 4.98 Å². The van der Waals surface area contributed by atoms with Crippen LogP contribution in [0.4, 0.5) is 5.95 Å². The maximum absolute atomic E-state index is 5.52. The van der Waals surface area contributed by atoms with Crippen LogP contribution in [0.15, 0.2) is 0 Å². The molecule has 0 amide bonds. The van der Waals surface area contributed by atoms with Crippen molar-refractivity contribution in [3.63, 3.8) is 0 Å². The third kappa shape index (κ3) is 5.13. The summed E-state index contributed by atoms with van der Waals surface area (Å²) < 4.78 is 15.8. The van der Waals surface area contributed by atoms with Crippen molar-refractivity contribution in [2.24, 2.45) is 0 Å². The molecule has 0 radical (unpaired) electrons. The molecule has 0 saturated carbocycles. The maximum Gasteiger partial charge on any atom is 0.324 e. The molecule has 0 atom stereocenters. The Morgan fingerprint density at radius 1 is 1.06 bits per heavy atom. The second kappa shape index (κ2) is 6.34. The standard InChI is InChI=1S/C11H20N4O3/c1-11(2,3)18-7-6-17-10-14-8(12-4)13-9(15-10)16-5/h6-7H2,1-5H3,(H,12,13,14,15). The molecular weight excluding hydrogens is 236 g/mol. The van der Waals surface area contributed by atoms with Crippen LogP contribution in [0.5, 0.6) is 12.0 Å². The van der Waals surface area contributed by atoms with Crippen LogP contribution in [0, 0.1) is 0 Å². The number of methoxy groups -OCH3 is 1. The zero-order chi connectivity index (χ0) is 13.6. The van der Waals surface area contributed by atoms with Gasteiger partial charge >= 0.3 is 12.0 Å². The van der Waals surface area contributed by atoms with Crippen molar-refractivity contribution in [3.8, 4) is 12.0 Å². The van der Waals surface area contributed by atoms with Crippen molar-refractivity contribution in [2.75, 3.05) is 32.7 Å². The summed E-state index contributed by atoms with van der Waals surface area (Å²) >= 11 is 0. The van der Waals surface area contributed by atoms with E-state index >= 15 is 0 Å². The van der Waals surface area contributed by atoms with Gasteiger partial charge in [0.1, 0.15) is 6.61 Å². The highest BCUT2D eigenvalue weighted by atomic mass is 16.5. The van der Waals surface area contributed by atoms with E-state index in [4.69, 9.17) is 14.2 Å². The molecule has 0 saturated heterocycles. The van der Waals surface area contributed by atoms with Gasteiger partial charge < -0.3 is 19.5 Å². The molecule has 18 heavy (non-hydrogen) atoms. The molecule has 0 aliphatic heterocycles. The van der Waals surface area contributed by atoms with E-state index in [-0.39, 0.29) is 17.6 Å². The van der Waals surface area contributed by atoms with Gasteiger partial charge in [-0.1, -0.05) is 0 Å². The van der Waals surface area contributed by atoms with E-state index in [9.17, 15) is 0 Å². The Morgan fingerprint density at radius 3 is 2.28 bits per heavy atom. The van der Waals surface area contributed by atoms with Gasteiger partial charge in [-0.25, -0.2) is 0 Å². The molecule has 102 valence electrons. The lowest BCUT2D eigenvalue weighted by molar-refractivity contribution is -0.0174. The van der Waals surface area contributed by atoms with Gasteiger partial charge in [0.25, 0.3) is 0 Å². The predicted octanol–water partition coefficient (Wildman–Crippen LogP) is 1.12. The van der Waals surface area contributed by atoms with Gasteiger partial charge in [0, 0.05) is 7.05 Å². The van der Waals surface area contributed by atoms with Gasteiger partial charge in [0.05, 0.1) is 19.3 Å². The van der Waals surface area contributed by atoms with E-state index in [1.165, 1.54) is 7.11 Å². The molecule has 0 fully saturated rings. The number of nitrogens with zero attached hydrogens (tertiary/aromatic N) is 3. The molecule has 0 bridgehead atoms. The van der Waals surface area contributed by atoms with Crippen molar-refractivity contribution in [1.29, 1.82) is 0 Å². The number of hydrogen-bond donors (Lipinski definition) is 1. The first kappa shape index (κ1) is 14.4.